The Labute approximate surface area is 109 Å². The minimum absolute atomic E-state index is 0.0251. The van der Waals surface area contributed by atoms with Gasteiger partial charge in [0, 0.05) is 30.9 Å². The molecule has 0 aliphatic rings. The number of hydrogen-bond donors (Lipinski definition) is 2. The van der Waals surface area contributed by atoms with Gasteiger partial charge in [-0.2, -0.15) is 0 Å². The number of carbonyl (C=O) groups excluding carboxylic acids is 1. The summed E-state index contributed by atoms with van der Waals surface area (Å²) in [5.41, 5.74) is 1.83. The Bertz CT molecular complexity index is 376. The quantitative estimate of drug-likeness (QED) is 0.816. The summed E-state index contributed by atoms with van der Waals surface area (Å²) < 4.78 is 5.26. The number of rotatable bonds is 6. The molecule has 1 rings (SSSR count). The van der Waals surface area contributed by atoms with Gasteiger partial charge in [-0.05, 0) is 38.1 Å². The van der Waals surface area contributed by atoms with Crippen molar-refractivity contribution in [1.82, 2.24) is 0 Å². The van der Waals surface area contributed by atoms with Gasteiger partial charge in [0.1, 0.15) is 0 Å². The number of ether oxygens (including phenoxy) is 1. The van der Waals surface area contributed by atoms with Crippen LogP contribution in [0.15, 0.2) is 24.3 Å². The molecule has 0 saturated heterocycles. The number of nitrogens with one attached hydrogen (secondary N) is 2. The van der Waals surface area contributed by atoms with Crippen molar-refractivity contribution in [1.29, 1.82) is 0 Å². The predicted molar refractivity (Wildman–Crippen MR) is 74.9 cm³/mol. The first-order valence-corrected chi connectivity index (χ1v) is 6.26. The molecule has 2 atom stereocenters. The van der Waals surface area contributed by atoms with Gasteiger partial charge >= 0.3 is 0 Å². The molecule has 1 amide bonds. The third-order valence-electron chi connectivity index (χ3n) is 2.96. The fourth-order valence-electron chi connectivity index (χ4n) is 1.48. The molecule has 1 aromatic rings. The summed E-state index contributed by atoms with van der Waals surface area (Å²) in [6.07, 6.45) is 0.632. The molecule has 0 aliphatic heterocycles. The first kappa shape index (κ1) is 14.5. The van der Waals surface area contributed by atoms with E-state index >= 15 is 0 Å². The van der Waals surface area contributed by atoms with E-state index in [9.17, 15) is 4.79 Å². The summed E-state index contributed by atoms with van der Waals surface area (Å²) in [7, 11) is 1.70. The third-order valence-corrected chi connectivity index (χ3v) is 2.96. The van der Waals surface area contributed by atoms with Crippen LogP contribution < -0.4 is 10.6 Å². The number of anilines is 2. The van der Waals surface area contributed by atoms with E-state index in [1.807, 2.05) is 38.1 Å². The second-order valence-corrected chi connectivity index (χ2v) is 4.35. The van der Waals surface area contributed by atoms with E-state index in [0.717, 1.165) is 11.4 Å². The lowest BCUT2D eigenvalue weighted by molar-refractivity contribution is -0.115. The molecule has 0 bridgehead atoms. The molecule has 0 saturated carbocycles. The van der Waals surface area contributed by atoms with E-state index in [-0.39, 0.29) is 18.1 Å². The highest BCUT2D eigenvalue weighted by atomic mass is 16.5. The molecule has 0 radical (unpaired) electrons. The smallest absolute Gasteiger partial charge is 0.224 e. The number of methoxy groups -OCH3 is 1. The van der Waals surface area contributed by atoms with Crippen LogP contribution >= 0.6 is 0 Å². The summed E-state index contributed by atoms with van der Waals surface area (Å²) in [6.45, 7) is 5.92. The maximum atomic E-state index is 11.2. The van der Waals surface area contributed by atoms with E-state index in [4.69, 9.17) is 4.74 Å². The van der Waals surface area contributed by atoms with Gasteiger partial charge in [-0.15, -0.1) is 0 Å². The minimum atomic E-state index is 0.0251. The van der Waals surface area contributed by atoms with Crippen LogP contribution in [-0.2, 0) is 9.53 Å². The Balaban J connectivity index is 2.57. The van der Waals surface area contributed by atoms with Crippen molar-refractivity contribution in [2.45, 2.75) is 39.3 Å². The second-order valence-electron chi connectivity index (χ2n) is 4.35. The summed E-state index contributed by atoms with van der Waals surface area (Å²) >= 11 is 0. The van der Waals surface area contributed by atoms with Crippen molar-refractivity contribution in [3.63, 3.8) is 0 Å². The van der Waals surface area contributed by atoms with E-state index in [2.05, 4.69) is 17.6 Å². The van der Waals surface area contributed by atoms with Crippen molar-refractivity contribution < 1.29 is 9.53 Å². The van der Waals surface area contributed by atoms with Crippen molar-refractivity contribution in [3.05, 3.63) is 24.3 Å². The maximum absolute atomic E-state index is 11.2. The van der Waals surface area contributed by atoms with Crippen LogP contribution in [0.5, 0.6) is 0 Å². The second kappa shape index (κ2) is 7.01. The van der Waals surface area contributed by atoms with Gasteiger partial charge in [-0.3, -0.25) is 4.79 Å². The Morgan fingerprint density at radius 3 is 2.28 bits per heavy atom. The van der Waals surface area contributed by atoms with Crippen LogP contribution in [-0.4, -0.2) is 25.2 Å². The lowest BCUT2D eigenvalue weighted by atomic mass is 10.2. The van der Waals surface area contributed by atoms with Crippen molar-refractivity contribution in [2.24, 2.45) is 0 Å². The highest BCUT2D eigenvalue weighted by molar-refractivity contribution is 5.90. The molecule has 0 aliphatic carbocycles. The SMILES string of the molecule is CCC(=O)Nc1ccc(NC(C)C(C)OC)cc1. The monoisotopic (exact) mass is 250 g/mol. The topological polar surface area (TPSA) is 50.4 Å². The van der Waals surface area contributed by atoms with Crippen LogP contribution in [0.2, 0.25) is 0 Å². The molecule has 4 heteroatoms. The van der Waals surface area contributed by atoms with Crippen molar-refractivity contribution >= 4 is 17.3 Å². The van der Waals surface area contributed by atoms with Gasteiger partial charge in [0.2, 0.25) is 5.91 Å². The van der Waals surface area contributed by atoms with Crippen molar-refractivity contribution in [3.8, 4) is 0 Å². The van der Waals surface area contributed by atoms with E-state index in [0.29, 0.717) is 6.42 Å². The Hall–Kier alpha value is -1.55. The molecule has 1 aromatic carbocycles. The molecule has 0 spiro atoms. The van der Waals surface area contributed by atoms with Gasteiger partial charge in [0.15, 0.2) is 0 Å². The van der Waals surface area contributed by atoms with Crippen LogP contribution in [0.25, 0.3) is 0 Å². The van der Waals surface area contributed by atoms with Crippen LogP contribution in [0.4, 0.5) is 11.4 Å². The summed E-state index contributed by atoms with van der Waals surface area (Å²) in [5.74, 6) is 0.0251. The lowest BCUT2D eigenvalue weighted by Gasteiger charge is -2.21. The molecule has 2 unspecified atom stereocenters. The number of carbonyl (C=O) groups is 1. The summed E-state index contributed by atoms with van der Waals surface area (Å²) in [4.78, 5) is 11.2. The Morgan fingerprint density at radius 2 is 1.78 bits per heavy atom. The first-order valence-electron chi connectivity index (χ1n) is 6.26. The van der Waals surface area contributed by atoms with Gasteiger partial charge in [0.05, 0.1) is 6.10 Å². The Morgan fingerprint density at radius 1 is 1.22 bits per heavy atom. The minimum Gasteiger partial charge on any atom is -0.380 e. The molecule has 2 N–H and O–H groups in total. The molecule has 18 heavy (non-hydrogen) atoms. The van der Waals surface area contributed by atoms with Crippen molar-refractivity contribution in [2.75, 3.05) is 17.7 Å². The summed E-state index contributed by atoms with van der Waals surface area (Å²) in [5, 5.41) is 6.16. The van der Waals surface area contributed by atoms with Crippen LogP contribution in [0, 0.1) is 0 Å². The fraction of sp³-hybridized carbons (Fsp3) is 0.500. The van der Waals surface area contributed by atoms with Gasteiger partial charge in [-0.25, -0.2) is 0 Å². The first-order chi connectivity index (χ1) is 8.56. The number of benzene rings is 1. The largest absolute Gasteiger partial charge is 0.380 e. The third kappa shape index (κ3) is 4.37. The molecule has 4 nitrogen and oxygen atoms in total. The zero-order valence-corrected chi connectivity index (χ0v) is 11.5. The molecular formula is C14H22N2O2. The fourth-order valence-corrected chi connectivity index (χ4v) is 1.48. The van der Waals surface area contributed by atoms with E-state index in [1.54, 1.807) is 7.11 Å². The zero-order chi connectivity index (χ0) is 13.5. The van der Waals surface area contributed by atoms with Gasteiger partial charge in [0.25, 0.3) is 0 Å². The average Bonchev–Trinajstić information content (AvgIpc) is 2.39. The van der Waals surface area contributed by atoms with Crippen LogP contribution in [0.3, 0.4) is 0 Å². The molecule has 0 aromatic heterocycles. The van der Waals surface area contributed by atoms with Gasteiger partial charge < -0.3 is 15.4 Å². The normalized spacial score (nSPS) is 13.8. The highest BCUT2D eigenvalue weighted by Crippen LogP contribution is 2.15. The molecule has 0 heterocycles. The van der Waals surface area contributed by atoms with E-state index < -0.39 is 0 Å². The average molecular weight is 250 g/mol. The number of hydrogen-bond acceptors (Lipinski definition) is 3. The maximum Gasteiger partial charge on any atom is 0.224 e. The highest BCUT2D eigenvalue weighted by Gasteiger charge is 2.10. The zero-order valence-electron chi connectivity index (χ0n) is 11.5. The molecular weight excluding hydrogens is 228 g/mol. The molecule has 0 fully saturated rings. The Kier molecular flexibility index (Phi) is 5.65. The van der Waals surface area contributed by atoms with E-state index in [1.165, 1.54) is 0 Å². The van der Waals surface area contributed by atoms with Crippen LogP contribution in [0.1, 0.15) is 27.2 Å². The predicted octanol–water partition coefficient (Wildman–Crippen LogP) is 2.87. The summed E-state index contributed by atoms with van der Waals surface area (Å²) in [6, 6.07) is 7.90. The standard InChI is InChI=1S/C14H22N2O2/c1-5-14(17)16-13-8-6-12(7-9-13)15-10(2)11(3)18-4/h6-11,15H,5H2,1-4H3,(H,16,17). The lowest BCUT2D eigenvalue weighted by Crippen LogP contribution is -2.29. The molecule has 100 valence electrons. The number of amides is 1. The van der Waals surface area contributed by atoms with Gasteiger partial charge in [-0.1, -0.05) is 6.92 Å².